The average Bonchev–Trinajstić information content (AvgIpc) is 2.54. The third-order valence-electron chi connectivity index (χ3n) is 4.14. The van der Waals surface area contributed by atoms with Gasteiger partial charge in [-0.05, 0) is 24.6 Å². The fraction of sp³-hybridized carbons (Fsp3) is 0.438. The van der Waals surface area contributed by atoms with Crippen molar-refractivity contribution in [3.63, 3.8) is 0 Å². The van der Waals surface area contributed by atoms with Crippen LogP contribution in [0.5, 0.6) is 0 Å². The second-order valence-corrected chi connectivity index (χ2v) is 5.30. The molecule has 0 N–H and O–H groups in total. The molecule has 2 aromatic rings. The van der Waals surface area contributed by atoms with Crippen molar-refractivity contribution in [2.75, 3.05) is 20.3 Å². The second kappa shape index (κ2) is 5.40. The molecule has 0 unspecified atom stereocenters. The van der Waals surface area contributed by atoms with Gasteiger partial charge in [0.05, 0.1) is 16.7 Å². The molecule has 5 heteroatoms. The minimum absolute atomic E-state index is 0.386. The maximum atomic E-state index is 9.43. The van der Waals surface area contributed by atoms with Crippen molar-refractivity contribution in [3.05, 3.63) is 35.3 Å². The third kappa shape index (κ3) is 2.37. The van der Waals surface area contributed by atoms with Gasteiger partial charge in [-0.15, -0.1) is 0 Å². The van der Waals surface area contributed by atoms with Crippen LogP contribution in [0, 0.1) is 18.3 Å². The number of nitrogens with zero attached hydrogens (tertiary/aromatic N) is 3. The molecule has 3 rings (SSSR count). The van der Waals surface area contributed by atoms with E-state index in [9.17, 15) is 5.26 Å². The zero-order chi connectivity index (χ0) is 14.9. The van der Waals surface area contributed by atoms with Crippen molar-refractivity contribution >= 4 is 10.9 Å². The predicted octanol–water partition coefficient (Wildman–Crippen LogP) is 2.46. The highest BCUT2D eigenvalue weighted by atomic mass is 16.5. The first-order valence-corrected chi connectivity index (χ1v) is 6.99. The molecule has 2 heterocycles. The minimum atomic E-state index is -0.386. The Kier molecular flexibility index (Phi) is 3.58. The smallest absolute Gasteiger partial charge is 0.125 e. The Balaban J connectivity index is 2.19. The van der Waals surface area contributed by atoms with Gasteiger partial charge in [-0.1, -0.05) is 0 Å². The first-order chi connectivity index (χ1) is 10.2. The first kappa shape index (κ1) is 13.9. The largest absolute Gasteiger partial charge is 0.381 e. The quantitative estimate of drug-likeness (QED) is 0.847. The third-order valence-corrected chi connectivity index (χ3v) is 4.14. The minimum Gasteiger partial charge on any atom is -0.381 e. The molecule has 1 aliphatic rings. The topological polar surface area (TPSA) is 68.0 Å². The summed E-state index contributed by atoms with van der Waals surface area (Å²) in [7, 11) is 1.72. The molecule has 0 radical (unpaired) electrons. The molecule has 5 nitrogen and oxygen atoms in total. The Bertz CT molecular complexity index is 715. The molecule has 0 aliphatic carbocycles. The number of ether oxygens (including phenoxy) is 2. The molecule has 1 aliphatic heterocycles. The number of benzene rings is 1. The number of hydrogen-bond donors (Lipinski definition) is 0. The van der Waals surface area contributed by atoms with E-state index in [1.807, 2.05) is 19.1 Å². The number of fused-ring (bicyclic) bond motifs is 1. The summed E-state index contributed by atoms with van der Waals surface area (Å²) in [6.07, 6.45) is 3.34. The van der Waals surface area contributed by atoms with E-state index >= 15 is 0 Å². The maximum Gasteiger partial charge on any atom is 0.125 e. The predicted molar refractivity (Wildman–Crippen MR) is 77.7 cm³/mol. The Labute approximate surface area is 123 Å². The van der Waals surface area contributed by atoms with Gasteiger partial charge in [-0.25, -0.2) is 9.97 Å². The highest BCUT2D eigenvalue weighted by Gasteiger charge is 2.35. The monoisotopic (exact) mass is 283 g/mol. The van der Waals surface area contributed by atoms with E-state index in [4.69, 9.17) is 9.47 Å². The standard InChI is InChI=1S/C16H17N3O2/c1-11-18-10-13-8-14(7-12(9-17)15(13)19-11)16(20-2)3-5-21-6-4-16/h7-8,10H,3-6H2,1-2H3. The maximum absolute atomic E-state index is 9.43. The van der Waals surface area contributed by atoms with Gasteiger partial charge in [-0.3, -0.25) is 0 Å². The second-order valence-electron chi connectivity index (χ2n) is 5.30. The van der Waals surface area contributed by atoms with Crippen LogP contribution in [0.15, 0.2) is 18.3 Å². The summed E-state index contributed by atoms with van der Waals surface area (Å²) < 4.78 is 11.2. The summed E-state index contributed by atoms with van der Waals surface area (Å²) in [6, 6.07) is 6.17. The van der Waals surface area contributed by atoms with Crippen molar-refractivity contribution in [3.8, 4) is 6.07 Å². The highest BCUT2D eigenvalue weighted by Crippen LogP contribution is 2.37. The van der Waals surface area contributed by atoms with Crippen LogP contribution in [-0.2, 0) is 15.1 Å². The molecule has 0 saturated carbocycles. The molecule has 1 saturated heterocycles. The summed E-state index contributed by atoms with van der Waals surface area (Å²) >= 11 is 0. The number of aryl methyl sites for hydroxylation is 1. The van der Waals surface area contributed by atoms with Gasteiger partial charge in [0, 0.05) is 44.7 Å². The van der Waals surface area contributed by atoms with Gasteiger partial charge in [0.25, 0.3) is 0 Å². The fourth-order valence-corrected chi connectivity index (χ4v) is 2.89. The van der Waals surface area contributed by atoms with Crippen LogP contribution in [0.4, 0.5) is 0 Å². The average molecular weight is 283 g/mol. The number of nitriles is 1. The van der Waals surface area contributed by atoms with Crippen molar-refractivity contribution < 1.29 is 9.47 Å². The summed E-state index contributed by atoms with van der Waals surface area (Å²) in [5, 5.41) is 10.3. The van der Waals surface area contributed by atoms with E-state index in [2.05, 4.69) is 16.0 Å². The zero-order valence-electron chi connectivity index (χ0n) is 12.2. The molecule has 0 amide bonds. The molecule has 21 heavy (non-hydrogen) atoms. The number of aromatic nitrogens is 2. The lowest BCUT2D eigenvalue weighted by atomic mass is 9.84. The number of methoxy groups -OCH3 is 1. The summed E-state index contributed by atoms with van der Waals surface area (Å²) in [4.78, 5) is 8.61. The van der Waals surface area contributed by atoms with Gasteiger partial charge in [0.2, 0.25) is 0 Å². The van der Waals surface area contributed by atoms with E-state index in [-0.39, 0.29) is 5.60 Å². The Morgan fingerprint density at radius 1 is 1.33 bits per heavy atom. The SMILES string of the molecule is COC1(c2cc(C#N)c3nc(C)ncc3c2)CCOCC1. The molecule has 0 atom stereocenters. The van der Waals surface area contributed by atoms with E-state index in [1.54, 1.807) is 13.3 Å². The van der Waals surface area contributed by atoms with Gasteiger partial charge < -0.3 is 9.47 Å². The Hall–Kier alpha value is -2.03. The zero-order valence-corrected chi connectivity index (χ0v) is 12.2. The van der Waals surface area contributed by atoms with Gasteiger partial charge in [-0.2, -0.15) is 5.26 Å². The van der Waals surface area contributed by atoms with E-state index in [0.29, 0.717) is 30.1 Å². The fourth-order valence-electron chi connectivity index (χ4n) is 2.89. The normalized spacial score (nSPS) is 17.6. The molecule has 1 aromatic carbocycles. The van der Waals surface area contributed by atoms with E-state index in [0.717, 1.165) is 23.8 Å². The van der Waals surface area contributed by atoms with Crippen LogP contribution in [-0.4, -0.2) is 30.3 Å². The lowest BCUT2D eigenvalue weighted by Gasteiger charge is -2.36. The van der Waals surface area contributed by atoms with Crippen molar-refractivity contribution in [2.24, 2.45) is 0 Å². The molecular weight excluding hydrogens is 266 g/mol. The van der Waals surface area contributed by atoms with Crippen LogP contribution in [0.2, 0.25) is 0 Å². The van der Waals surface area contributed by atoms with Crippen LogP contribution in [0.1, 0.15) is 29.8 Å². The number of hydrogen-bond acceptors (Lipinski definition) is 5. The van der Waals surface area contributed by atoms with Crippen molar-refractivity contribution in [2.45, 2.75) is 25.4 Å². The van der Waals surface area contributed by atoms with Gasteiger partial charge in [0.15, 0.2) is 0 Å². The molecule has 108 valence electrons. The summed E-state index contributed by atoms with van der Waals surface area (Å²) in [5.74, 6) is 0.666. The molecule has 1 aromatic heterocycles. The Morgan fingerprint density at radius 2 is 2.10 bits per heavy atom. The number of rotatable bonds is 2. The highest BCUT2D eigenvalue weighted by molar-refractivity contribution is 5.84. The van der Waals surface area contributed by atoms with Crippen molar-refractivity contribution in [1.82, 2.24) is 9.97 Å². The van der Waals surface area contributed by atoms with Crippen LogP contribution >= 0.6 is 0 Å². The molecular formula is C16H17N3O2. The Morgan fingerprint density at radius 3 is 2.76 bits per heavy atom. The van der Waals surface area contributed by atoms with Crippen LogP contribution in [0.3, 0.4) is 0 Å². The van der Waals surface area contributed by atoms with E-state index in [1.165, 1.54) is 0 Å². The summed E-state index contributed by atoms with van der Waals surface area (Å²) in [6.45, 7) is 3.15. The lowest BCUT2D eigenvalue weighted by Crippen LogP contribution is -2.35. The van der Waals surface area contributed by atoms with Crippen LogP contribution in [0.25, 0.3) is 10.9 Å². The molecule has 0 spiro atoms. The lowest BCUT2D eigenvalue weighted by molar-refractivity contribution is -0.0947. The molecule has 0 bridgehead atoms. The van der Waals surface area contributed by atoms with Gasteiger partial charge >= 0.3 is 0 Å². The van der Waals surface area contributed by atoms with Gasteiger partial charge in [0.1, 0.15) is 11.9 Å². The first-order valence-electron chi connectivity index (χ1n) is 6.99. The van der Waals surface area contributed by atoms with E-state index < -0.39 is 0 Å². The molecule has 1 fully saturated rings. The van der Waals surface area contributed by atoms with Crippen LogP contribution < -0.4 is 0 Å². The summed E-state index contributed by atoms with van der Waals surface area (Å²) in [5.41, 5.74) is 1.89. The van der Waals surface area contributed by atoms with Crippen molar-refractivity contribution in [1.29, 1.82) is 5.26 Å².